The van der Waals surface area contributed by atoms with Crippen molar-refractivity contribution in [3.63, 3.8) is 0 Å². The number of phenolic OH excluding ortho intramolecular Hbond substituents is 1. The van der Waals surface area contributed by atoms with E-state index < -0.39 is 0 Å². The third kappa shape index (κ3) is 4.18. The first-order valence-corrected chi connectivity index (χ1v) is 6.98. The number of methoxy groups -OCH3 is 5. The predicted octanol–water partition coefficient (Wildman–Crippen LogP) is 2.12. The van der Waals surface area contributed by atoms with Crippen LogP contribution in [0.15, 0.2) is 0 Å². The van der Waals surface area contributed by atoms with E-state index in [2.05, 4.69) is 0 Å². The Balaban J connectivity index is 3.62. The summed E-state index contributed by atoms with van der Waals surface area (Å²) in [5, 5.41) is 10.6. The third-order valence-electron chi connectivity index (χ3n) is 3.47. The van der Waals surface area contributed by atoms with Gasteiger partial charge in [0.15, 0.2) is 0 Å². The van der Waals surface area contributed by atoms with Crippen LogP contribution in [0.25, 0.3) is 0 Å². The first kappa shape index (κ1) is 18.9. The molecular weight excluding hydrogens is 288 g/mol. The molecule has 0 fully saturated rings. The minimum Gasteiger partial charge on any atom is -0.507 e. The zero-order valence-corrected chi connectivity index (χ0v) is 14.0. The molecule has 0 aliphatic heterocycles. The summed E-state index contributed by atoms with van der Waals surface area (Å²) in [4.78, 5) is 0. The van der Waals surface area contributed by atoms with Gasteiger partial charge in [-0.3, -0.25) is 0 Å². The van der Waals surface area contributed by atoms with Gasteiger partial charge in [-0.15, -0.1) is 0 Å². The van der Waals surface area contributed by atoms with Crippen LogP contribution in [0.4, 0.5) is 0 Å². The molecular formula is C16H26O6. The van der Waals surface area contributed by atoms with Crippen molar-refractivity contribution in [3.05, 3.63) is 27.8 Å². The molecule has 1 aromatic carbocycles. The van der Waals surface area contributed by atoms with Crippen molar-refractivity contribution in [2.45, 2.75) is 33.0 Å². The molecule has 6 heteroatoms. The average Bonchev–Trinajstić information content (AvgIpc) is 2.51. The van der Waals surface area contributed by atoms with Crippen molar-refractivity contribution in [2.75, 3.05) is 35.5 Å². The summed E-state index contributed by atoms with van der Waals surface area (Å²) in [5.74, 6) is 0.169. The lowest BCUT2D eigenvalue weighted by molar-refractivity contribution is 0.144. The fourth-order valence-electron chi connectivity index (χ4n) is 2.57. The Labute approximate surface area is 131 Å². The molecule has 0 unspecified atom stereocenters. The van der Waals surface area contributed by atoms with Crippen molar-refractivity contribution in [2.24, 2.45) is 0 Å². The largest absolute Gasteiger partial charge is 0.507 e. The Morgan fingerprint density at radius 1 is 0.500 bits per heavy atom. The maximum absolute atomic E-state index is 10.6. The van der Waals surface area contributed by atoms with Gasteiger partial charge in [0.2, 0.25) is 0 Å². The van der Waals surface area contributed by atoms with Crippen LogP contribution < -0.4 is 0 Å². The fraction of sp³-hybridized carbons (Fsp3) is 0.625. The third-order valence-corrected chi connectivity index (χ3v) is 3.47. The first-order valence-electron chi connectivity index (χ1n) is 6.98. The maximum atomic E-state index is 10.6. The van der Waals surface area contributed by atoms with Crippen LogP contribution in [0.1, 0.15) is 27.8 Å². The van der Waals surface area contributed by atoms with Crippen LogP contribution in [-0.4, -0.2) is 40.7 Å². The smallest absolute Gasteiger partial charge is 0.127 e. The normalized spacial score (nSPS) is 11.1. The van der Waals surface area contributed by atoms with Crippen molar-refractivity contribution in [1.82, 2.24) is 0 Å². The number of phenols is 1. The molecule has 0 aromatic heterocycles. The van der Waals surface area contributed by atoms with Gasteiger partial charge in [0, 0.05) is 46.7 Å². The molecule has 0 bridgehead atoms. The lowest BCUT2D eigenvalue weighted by atomic mass is 9.91. The van der Waals surface area contributed by atoms with Gasteiger partial charge >= 0.3 is 0 Å². The van der Waals surface area contributed by atoms with Crippen LogP contribution in [0, 0.1) is 0 Å². The predicted molar refractivity (Wildman–Crippen MR) is 81.7 cm³/mol. The van der Waals surface area contributed by atoms with Crippen LogP contribution in [0.3, 0.4) is 0 Å². The summed E-state index contributed by atoms with van der Waals surface area (Å²) in [6, 6.07) is 0. The van der Waals surface area contributed by atoms with E-state index in [0.717, 1.165) is 16.7 Å². The topological polar surface area (TPSA) is 66.4 Å². The molecule has 1 rings (SSSR count). The van der Waals surface area contributed by atoms with Gasteiger partial charge in [0.25, 0.3) is 0 Å². The second-order valence-corrected chi connectivity index (χ2v) is 4.91. The Morgan fingerprint density at radius 3 is 1.00 bits per heavy atom. The monoisotopic (exact) mass is 314 g/mol. The summed E-state index contributed by atoms with van der Waals surface area (Å²) < 4.78 is 26.4. The molecule has 126 valence electrons. The van der Waals surface area contributed by atoms with E-state index in [9.17, 15) is 5.11 Å². The molecule has 22 heavy (non-hydrogen) atoms. The Kier molecular flexibility index (Phi) is 8.37. The molecule has 0 heterocycles. The molecule has 0 saturated carbocycles. The number of hydrogen-bond donors (Lipinski definition) is 1. The highest BCUT2D eigenvalue weighted by Gasteiger charge is 2.23. The van der Waals surface area contributed by atoms with Crippen LogP contribution >= 0.6 is 0 Å². The molecule has 1 N–H and O–H groups in total. The zero-order chi connectivity index (χ0) is 16.5. The summed E-state index contributed by atoms with van der Waals surface area (Å²) in [6.45, 7) is 1.67. The summed E-state index contributed by atoms with van der Waals surface area (Å²) in [6.07, 6.45) is 0. The number of benzene rings is 1. The Bertz CT molecular complexity index is 435. The highest BCUT2D eigenvalue weighted by molar-refractivity contribution is 5.54. The van der Waals surface area contributed by atoms with Gasteiger partial charge < -0.3 is 28.8 Å². The molecule has 0 atom stereocenters. The molecule has 0 saturated heterocycles. The van der Waals surface area contributed by atoms with Crippen LogP contribution in [0.2, 0.25) is 0 Å². The molecule has 6 nitrogen and oxygen atoms in total. The minimum atomic E-state index is 0.169. The van der Waals surface area contributed by atoms with Gasteiger partial charge in [-0.25, -0.2) is 0 Å². The van der Waals surface area contributed by atoms with E-state index in [1.165, 1.54) is 0 Å². The Hall–Kier alpha value is -1.18. The van der Waals surface area contributed by atoms with Gasteiger partial charge in [-0.2, -0.15) is 0 Å². The van der Waals surface area contributed by atoms with Crippen LogP contribution in [0.5, 0.6) is 5.75 Å². The molecule has 0 spiro atoms. The van der Waals surface area contributed by atoms with Gasteiger partial charge in [0.05, 0.1) is 33.0 Å². The number of ether oxygens (including phenoxy) is 5. The van der Waals surface area contributed by atoms with Crippen molar-refractivity contribution < 1.29 is 28.8 Å². The van der Waals surface area contributed by atoms with E-state index in [-0.39, 0.29) is 19.0 Å². The highest BCUT2D eigenvalue weighted by Crippen LogP contribution is 2.36. The molecule has 1 aromatic rings. The van der Waals surface area contributed by atoms with Crippen molar-refractivity contribution in [3.8, 4) is 5.75 Å². The molecule has 0 amide bonds. The lowest BCUT2D eigenvalue weighted by Gasteiger charge is -2.23. The van der Waals surface area contributed by atoms with E-state index in [4.69, 9.17) is 23.7 Å². The van der Waals surface area contributed by atoms with E-state index in [1.807, 2.05) is 0 Å². The highest BCUT2D eigenvalue weighted by atomic mass is 16.5. The molecule has 0 aliphatic rings. The first-order chi connectivity index (χ1) is 10.7. The zero-order valence-electron chi connectivity index (χ0n) is 14.0. The number of rotatable bonds is 10. The van der Waals surface area contributed by atoms with Gasteiger partial charge in [0.1, 0.15) is 5.75 Å². The Morgan fingerprint density at radius 2 is 0.727 bits per heavy atom. The summed E-state index contributed by atoms with van der Waals surface area (Å²) in [7, 11) is 8.04. The van der Waals surface area contributed by atoms with Gasteiger partial charge in [-0.1, -0.05) is 0 Å². The maximum Gasteiger partial charge on any atom is 0.127 e. The quantitative estimate of drug-likeness (QED) is 0.713. The van der Waals surface area contributed by atoms with Crippen molar-refractivity contribution in [1.29, 1.82) is 0 Å². The second kappa shape index (κ2) is 9.76. The minimum absolute atomic E-state index is 0.169. The number of hydrogen-bond acceptors (Lipinski definition) is 6. The summed E-state index contributed by atoms with van der Waals surface area (Å²) >= 11 is 0. The fourth-order valence-corrected chi connectivity index (χ4v) is 2.57. The SMILES string of the molecule is COCc1c(O)c(COC)c(COC)c(COC)c1COC. The average molecular weight is 314 g/mol. The van der Waals surface area contributed by atoms with Crippen LogP contribution in [-0.2, 0) is 56.7 Å². The summed E-state index contributed by atoms with van der Waals surface area (Å²) in [5.41, 5.74) is 4.08. The lowest BCUT2D eigenvalue weighted by Crippen LogP contribution is -2.13. The van der Waals surface area contributed by atoms with E-state index in [1.54, 1.807) is 35.5 Å². The molecule has 0 aliphatic carbocycles. The van der Waals surface area contributed by atoms with E-state index >= 15 is 0 Å². The van der Waals surface area contributed by atoms with E-state index in [0.29, 0.717) is 30.9 Å². The standard InChI is InChI=1S/C16H26O6/c1-18-6-11-12(7-19-2)14(9-21-4)16(17)15(10-22-5)13(11)8-20-3/h17H,6-10H2,1-5H3. The molecule has 0 radical (unpaired) electrons. The van der Waals surface area contributed by atoms with Gasteiger partial charge in [-0.05, 0) is 16.7 Å². The second-order valence-electron chi connectivity index (χ2n) is 4.91. The van der Waals surface area contributed by atoms with Crippen molar-refractivity contribution >= 4 is 0 Å². The number of aromatic hydroxyl groups is 1.